The third kappa shape index (κ3) is 3.00. The van der Waals surface area contributed by atoms with Gasteiger partial charge >= 0.3 is 0 Å². The molecule has 25 heavy (non-hydrogen) atoms. The molecule has 0 unspecified atom stereocenters. The number of carbonyl (C=O) groups is 1. The number of aromatic nitrogens is 1. The molecule has 3 aromatic rings. The van der Waals surface area contributed by atoms with E-state index in [-0.39, 0.29) is 5.91 Å². The molecule has 1 amide bonds. The maximum Gasteiger partial charge on any atom is 0.256 e. The Hall–Kier alpha value is -2.75. The highest BCUT2D eigenvalue weighted by molar-refractivity contribution is 6.06. The van der Waals surface area contributed by atoms with E-state index in [1.807, 2.05) is 42.4 Å². The number of piperidine rings is 1. The van der Waals surface area contributed by atoms with Crippen molar-refractivity contribution in [3.63, 3.8) is 0 Å². The summed E-state index contributed by atoms with van der Waals surface area (Å²) in [4.78, 5) is 18.1. The third-order valence-corrected chi connectivity index (χ3v) is 5.25. The number of rotatable bonds is 3. The van der Waals surface area contributed by atoms with Crippen molar-refractivity contribution in [2.75, 3.05) is 25.5 Å². The van der Waals surface area contributed by atoms with Gasteiger partial charge in [-0.2, -0.15) is 0 Å². The van der Waals surface area contributed by atoms with Crippen LogP contribution in [0.2, 0.25) is 0 Å². The molecule has 0 aliphatic carbocycles. The summed E-state index contributed by atoms with van der Waals surface area (Å²) in [6.45, 7) is 1.62. The fourth-order valence-electron chi connectivity index (χ4n) is 3.78. The molecular formula is C21H23N3O. The second-order valence-corrected chi connectivity index (χ2v) is 6.69. The van der Waals surface area contributed by atoms with Crippen LogP contribution in [0.15, 0.2) is 54.7 Å². The van der Waals surface area contributed by atoms with Gasteiger partial charge in [0.1, 0.15) is 0 Å². The molecule has 2 N–H and O–H groups in total. The summed E-state index contributed by atoms with van der Waals surface area (Å²) in [6, 6.07) is 16.6. The molecule has 1 aliphatic heterocycles. The average molecular weight is 333 g/mol. The van der Waals surface area contributed by atoms with Crippen molar-refractivity contribution in [3.8, 4) is 0 Å². The zero-order valence-corrected chi connectivity index (χ0v) is 14.5. The highest BCUT2D eigenvalue weighted by atomic mass is 16.2. The number of hydrogen-bond acceptors (Lipinski definition) is 2. The Kier molecular flexibility index (Phi) is 4.18. The van der Waals surface area contributed by atoms with E-state index in [0.717, 1.165) is 48.1 Å². The predicted octanol–water partition coefficient (Wildman–Crippen LogP) is 4.23. The number of hydrogen-bond donors (Lipinski definition) is 2. The summed E-state index contributed by atoms with van der Waals surface area (Å²) in [7, 11) is 1.95. The lowest BCUT2D eigenvalue weighted by molar-refractivity contribution is 0.0715. The van der Waals surface area contributed by atoms with Crippen molar-refractivity contribution in [2.45, 2.75) is 18.8 Å². The first-order valence-corrected chi connectivity index (χ1v) is 8.89. The molecule has 0 atom stereocenters. The number of anilines is 1. The maximum absolute atomic E-state index is 12.9. The van der Waals surface area contributed by atoms with E-state index in [1.165, 1.54) is 5.56 Å². The van der Waals surface area contributed by atoms with Crippen LogP contribution in [-0.2, 0) is 0 Å². The van der Waals surface area contributed by atoms with Gasteiger partial charge in [-0.15, -0.1) is 0 Å². The van der Waals surface area contributed by atoms with Crippen molar-refractivity contribution >= 4 is 22.5 Å². The van der Waals surface area contributed by atoms with Gasteiger partial charge in [-0.1, -0.05) is 30.3 Å². The first-order valence-electron chi connectivity index (χ1n) is 8.89. The monoisotopic (exact) mass is 333 g/mol. The molecule has 1 fully saturated rings. The summed E-state index contributed by atoms with van der Waals surface area (Å²) in [5.41, 5.74) is 4.32. The van der Waals surface area contributed by atoms with Gasteiger partial charge in [-0.25, -0.2) is 0 Å². The van der Waals surface area contributed by atoms with Crippen LogP contribution in [0, 0.1) is 0 Å². The number of aromatic amines is 1. The Labute approximate surface area is 147 Å². The van der Waals surface area contributed by atoms with Crippen LogP contribution in [0.25, 0.3) is 10.9 Å². The Morgan fingerprint density at radius 1 is 1.12 bits per heavy atom. The lowest BCUT2D eigenvalue weighted by atomic mass is 9.89. The molecule has 1 aliphatic rings. The number of carbonyl (C=O) groups excluding carboxylic acids is 1. The SMILES string of the molecule is CNc1cccc(C2CCN(C(=O)c3c[nH]c4ccccc34)CC2)c1. The minimum Gasteiger partial charge on any atom is -0.388 e. The van der Waals surface area contributed by atoms with E-state index in [0.29, 0.717) is 5.92 Å². The van der Waals surface area contributed by atoms with Gasteiger partial charge in [-0.05, 0) is 42.5 Å². The van der Waals surface area contributed by atoms with Gasteiger partial charge in [0.25, 0.3) is 5.91 Å². The number of fused-ring (bicyclic) bond motifs is 1. The number of likely N-dealkylation sites (tertiary alicyclic amines) is 1. The van der Waals surface area contributed by atoms with Crippen LogP contribution in [0.4, 0.5) is 5.69 Å². The number of para-hydroxylation sites is 1. The molecule has 4 nitrogen and oxygen atoms in total. The van der Waals surface area contributed by atoms with Crippen LogP contribution in [0.1, 0.15) is 34.7 Å². The molecule has 1 saturated heterocycles. The normalized spacial score (nSPS) is 15.5. The number of nitrogens with one attached hydrogen (secondary N) is 2. The fraction of sp³-hybridized carbons (Fsp3) is 0.286. The summed E-state index contributed by atoms with van der Waals surface area (Å²) >= 11 is 0. The Bertz CT molecular complexity index is 891. The van der Waals surface area contributed by atoms with Gasteiger partial charge in [-0.3, -0.25) is 4.79 Å². The van der Waals surface area contributed by atoms with Crippen molar-refractivity contribution in [3.05, 3.63) is 65.9 Å². The Morgan fingerprint density at radius 3 is 2.72 bits per heavy atom. The minimum absolute atomic E-state index is 0.139. The molecule has 128 valence electrons. The van der Waals surface area contributed by atoms with Crippen molar-refractivity contribution < 1.29 is 4.79 Å². The minimum atomic E-state index is 0.139. The van der Waals surface area contributed by atoms with Crippen LogP contribution >= 0.6 is 0 Å². The van der Waals surface area contributed by atoms with E-state index in [2.05, 4.69) is 34.6 Å². The second kappa shape index (κ2) is 6.63. The molecule has 0 saturated carbocycles. The van der Waals surface area contributed by atoms with Crippen LogP contribution in [-0.4, -0.2) is 35.9 Å². The quantitative estimate of drug-likeness (QED) is 0.753. The van der Waals surface area contributed by atoms with Gasteiger partial charge in [0.15, 0.2) is 0 Å². The maximum atomic E-state index is 12.9. The molecule has 4 rings (SSSR count). The topological polar surface area (TPSA) is 48.1 Å². The molecule has 0 radical (unpaired) electrons. The zero-order valence-electron chi connectivity index (χ0n) is 14.5. The van der Waals surface area contributed by atoms with Crippen LogP contribution < -0.4 is 5.32 Å². The number of amides is 1. The Balaban J connectivity index is 1.47. The Morgan fingerprint density at radius 2 is 1.92 bits per heavy atom. The molecule has 0 spiro atoms. The molecular weight excluding hydrogens is 310 g/mol. The number of nitrogens with zero attached hydrogens (tertiary/aromatic N) is 1. The molecule has 4 heteroatoms. The standard InChI is InChI=1S/C21H23N3O/c1-22-17-6-4-5-16(13-17)15-9-11-24(12-10-15)21(25)19-14-23-20-8-3-2-7-18(19)20/h2-8,13-15,22-23H,9-12H2,1H3. The van der Waals surface area contributed by atoms with E-state index < -0.39 is 0 Å². The third-order valence-electron chi connectivity index (χ3n) is 5.25. The van der Waals surface area contributed by atoms with Crippen molar-refractivity contribution in [1.82, 2.24) is 9.88 Å². The van der Waals surface area contributed by atoms with E-state index in [9.17, 15) is 4.79 Å². The molecule has 2 heterocycles. The summed E-state index contributed by atoms with van der Waals surface area (Å²) < 4.78 is 0. The largest absolute Gasteiger partial charge is 0.388 e. The number of H-pyrrole nitrogens is 1. The lowest BCUT2D eigenvalue weighted by Crippen LogP contribution is -2.37. The van der Waals surface area contributed by atoms with Crippen molar-refractivity contribution in [1.29, 1.82) is 0 Å². The summed E-state index contributed by atoms with van der Waals surface area (Å²) in [5, 5.41) is 4.21. The first-order chi connectivity index (χ1) is 12.3. The first kappa shape index (κ1) is 15.8. The number of benzene rings is 2. The lowest BCUT2D eigenvalue weighted by Gasteiger charge is -2.32. The summed E-state index contributed by atoms with van der Waals surface area (Å²) in [6.07, 6.45) is 3.87. The molecule has 0 bridgehead atoms. The van der Waals surface area contributed by atoms with E-state index in [4.69, 9.17) is 0 Å². The second-order valence-electron chi connectivity index (χ2n) is 6.69. The zero-order chi connectivity index (χ0) is 17.2. The summed E-state index contributed by atoms with van der Waals surface area (Å²) in [5.74, 6) is 0.667. The molecule has 2 aromatic carbocycles. The highest BCUT2D eigenvalue weighted by Gasteiger charge is 2.26. The average Bonchev–Trinajstić information content (AvgIpc) is 3.12. The van der Waals surface area contributed by atoms with Gasteiger partial charge in [0.05, 0.1) is 5.56 Å². The van der Waals surface area contributed by atoms with Crippen LogP contribution in [0.3, 0.4) is 0 Å². The van der Waals surface area contributed by atoms with E-state index >= 15 is 0 Å². The van der Waals surface area contributed by atoms with Gasteiger partial charge < -0.3 is 15.2 Å². The highest BCUT2D eigenvalue weighted by Crippen LogP contribution is 2.30. The van der Waals surface area contributed by atoms with Gasteiger partial charge in [0.2, 0.25) is 0 Å². The van der Waals surface area contributed by atoms with E-state index in [1.54, 1.807) is 0 Å². The molecule has 1 aromatic heterocycles. The van der Waals surface area contributed by atoms with Crippen LogP contribution in [0.5, 0.6) is 0 Å². The van der Waals surface area contributed by atoms with Gasteiger partial charge in [0, 0.05) is 42.9 Å². The van der Waals surface area contributed by atoms with Crippen molar-refractivity contribution in [2.24, 2.45) is 0 Å². The predicted molar refractivity (Wildman–Crippen MR) is 102 cm³/mol. The smallest absolute Gasteiger partial charge is 0.256 e. The fourth-order valence-corrected chi connectivity index (χ4v) is 3.78.